The van der Waals surface area contributed by atoms with Gasteiger partial charge in [-0.2, -0.15) is 5.10 Å². The van der Waals surface area contributed by atoms with Crippen molar-refractivity contribution in [3.63, 3.8) is 0 Å². The maximum Gasteiger partial charge on any atom is 0.252 e. The molecule has 0 radical (unpaired) electrons. The van der Waals surface area contributed by atoms with Crippen LogP contribution in [-0.2, 0) is 5.54 Å². The quantitative estimate of drug-likeness (QED) is 0.640. The first-order chi connectivity index (χ1) is 12.2. The van der Waals surface area contributed by atoms with Gasteiger partial charge in [-0.25, -0.2) is 9.50 Å². The van der Waals surface area contributed by atoms with E-state index in [1.165, 1.54) is 6.33 Å². The van der Waals surface area contributed by atoms with Crippen LogP contribution in [0.3, 0.4) is 0 Å². The third-order valence-corrected chi connectivity index (χ3v) is 4.77. The van der Waals surface area contributed by atoms with Crippen LogP contribution in [0.1, 0.15) is 22.3 Å². The standard InChI is InChI=1S/C18H19N5O2.ClH/c24-15-11-19-8-7-18(15,14-4-2-1-3-5-14)22-17(25)13-6-9-23-16(10-13)20-12-21-23;/h1-6,9-10,12,15,19,24H,7-8,11H2,(H,22,25);1H/t15-,18+;/m1./s1. The Hall–Kier alpha value is -2.48. The average molecular weight is 374 g/mol. The molecular weight excluding hydrogens is 354 g/mol. The molecule has 0 spiro atoms. The zero-order valence-corrected chi connectivity index (χ0v) is 14.8. The molecule has 8 heteroatoms. The summed E-state index contributed by atoms with van der Waals surface area (Å²) in [6.45, 7) is 1.15. The van der Waals surface area contributed by atoms with Gasteiger partial charge in [0.2, 0.25) is 0 Å². The molecule has 1 aliphatic rings. The van der Waals surface area contributed by atoms with E-state index in [1.54, 1.807) is 22.8 Å². The molecular formula is C18H20ClN5O2. The summed E-state index contributed by atoms with van der Waals surface area (Å²) in [5, 5.41) is 21.0. The number of pyridine rings is 1. The molecule has 0 saturated carbocycles. The van der Waals surface area contributed by atoms with Crippen LogP contribution in [0.25, 0.3) is 5.65 Å². The van der Waals surface area contributed by atoms with Crippen molar-refractivity contribution >= 4 is 24.0 Å². The first-order valence-corrected chi connectivity index (χ1v) is 8.25. The molecule has 1 aliphatic heterocycles. The van der Waals surface area contributed by atoms with Crippen LogP contribution in [-0.4, -0.2) is 44.8 Å². The Balaban J connectivity index is 0.00000196. The van der Waals surface area contributed by atoms with E-state index in [0.717, 1.165) is 12.1 Å². The van der Waals surface area contributed by atoms with Gasteiger partial charge in [-0.15, -0.1) is 12.4 Å². The van der Waals surface area contributed by atoms with E-state index in [1.807, 2.05) is 30.3 Å². The minimum Gasteiger partial charge on any atom is -0.389 e. The van der Waals surface area contributed by atoms with Crippen molar-refractivity contribution in [2.45, 2.75) is 18.1 Å². The van der Waals surface area contributed by atoms with Crippen molar-refractivity contribution in [3.8, 4) is 0 Å². The Bertz CT molecular complexity index is 901. The molecule has 1 fully saturated rings. The Morgan fingerprint density at radius 3 is 2.88 bits per heavy atom. The molecule has 3 aromatic rings. The third-order valence-electron chi connectivity index (χ3n) is 4.77. The first-order valence-electron chi connectivity index (χ1n) is 8.25. The van der Waals surface area contributed by atoms with Gasteiger partial charge in [0.1, 0.15) is 6.33 Å². The van der Waals surface area contributed by atoms with E-state index in [9.17, 15) is 9.90 Å². The van der Waals surface area contributed by atoms with Gasteiger partial charge < -0.3 is 15.7 Å². The second-order valence-electron chi connectivity index (χ2n) is 6.24. The second kappa shape index (κ2) is 7.41. The lowest BCUT2D eigenvalue weighted by Crippen LogP contribution is -2.61. The molecule has 26 heavy (non-hydrogen) atoms. The Kier molecular flexibility index (Phi) is 5.22. The molecule has 3 heterocycles. The van der Waals surface area contributed by atoms with Crippen LogP contribution in [0.4, 0.5) is 0 Å². The summed E-state index contributed by atoms with van der Waals surface area (Å²) in [6, 6.07) is 13.0. The number of piperidine rings is 1. The molecule has 7 nitrogen and oxygen atoms in total. The third kappa shape index (κ3) is 3.16. The molecule has 2 aromatic heterocycles. The number of rotatable bonds is 3. The fourth-order valence-electron chi connectivity index (χ4n) is 3.39. The molecule has 3 N–H and O–H groups in total. The number of nitrogens with one attached hydrogen (secondary N) is 2. The van der Waals surface area contributed by atoms with E-state index in [0.29, 0.717) is 24.2 Å². The molecule has 1 aromatic carbocycles. The van der Waals surface area contributed by atoms with Crippen molar-refractivity contribution < 1.29 is 9.90 Å². The Morgan fingerprint density at radius 2 is 2.12 bits per heavy atom. The summed E-state index contributed by atoms with van der Waals surface area (Å²) in [7, 11) is 0. The van der Waals surface area contributed by atoms with Gasteiger partial charge in [0, 0.05) is 18.3 Å². The van der Waals surface area contributed by atoms with Crippen LogP contribution in [0.5, 0.6) is 0 Å². The zero-order chi connectivity index (χ0) is 17.3. The van der Waals surface area contributed by atoms with E-state index in [2.05, 4.69) is 20.7 Å². The lowest BCUT2D eigenvalue weighted by Gasteiger charge is -2.43. The van der Waals surface area contributed by atoms with Gasteiger partial charge in [-0.05, 0) is 30.7 Å². The number of aromatic nitrogens is 3. The van der Waals surface area contributed by atoms with E-state index in [-0.39, 0.29) is 18.3 Å². The predicted octanol–water partition coefficient (Wildman–Crippen LogP) is 1.13. The van der Waals surface area contributed by atoms with Crippen LogP contribution in [0.2, 0.25) is 0 Å². The van der Waals surface area contributed by atoms with Crippen molar-refractivity contribution in [3.05, 3.63) is 66.1 Å². The molecule has 1 amide bonds. The lowest BCUT2D eigenvalue weighted by atomic mass is 9.79. The smallest absolute Gasteiger partial charge is 0.252 e. The van der Waals surface area contributed by atoms with Crippen molar-refractivity contribution in [1.29, 1.82) is 0 Å². The molecule has 2 atom stereocenters. The van der Waals surface area contributed by atoms with Crippen LogP contribution < -0.4 is 10.6 Å². The number of β-amino-alcohol motifs (C(OH)–C–C–N with tert-alkyl or cyclic N) is 1. The van der Waals surface area contributed by atoms with E-state index >= 15 is 0 Å². The van der Waals surface area contributed by atoms with Crippen molar-refractivity contribution in [2.75, 3.05) is 13.1 Å². The molecule has 4 rings (SSSR count). The minimum atomic E-state index is -0.816. The molecule has 0 aliphatic carbocycles. The Morgan fingerprint density at radius 1 is 1.31 bits per heavy atom. The van der Waals surface area contributed by atoms with Gasteiger partial charge in [0.15, 0.2) is 5.65 Å². The number of halogens is 1. The molecule has 0 bridgehead atoms. The number of aliphatic hydroxyl groups excluding tert-OH is 1. The average Bonchev–Trinajstić information content (AvgIpc) is 3.12. The number of carbonyl (C=O) groups is 1. The van der Waals surface area contributed by atoms with Gasteiger partial charge in [0.25, 0.3) is 5.91 Å². The summed E-state index contributed by atoms with van der Waals surface area (Å²) in [4.78, 5) is 17.0. The monoisotopic (exact) mass is 373 g/mol. The number of nitrogens with zero attached hydrogens (tertiary/aromatic N) is 3. The highest BCUT2D eigenvalue weighted by molar-refractivity contribution is 5.95. The maximum absolute atomic E-state index is 12.9. The summed E-state index contributed by atoms with van der Waals surface area (Å²) < 4.78 is 1.60. The predicted molar refractivity (Wildman–Crippen MR) is 99.3 cm³/mol. The minimum absolute atomic E-state index is 0. The van der Waals surface area contributed by atoms with Crippen molar-refractivity contribution in [1.82, 2.24) is 25.2 Å². The van der Waals surface area contributed by atoms with Crippen LogP contribution >= 0.6 is 12.4 Å². The first kappa shape index (κ1) is 18.3. The lowest BCUT2D eigenvalue weighted by molar-refractivity contribution is 0.0289. The highest BCUT2D eigenvalue weighted by Crippen LogP contribution is 2.31. The fourth-order valence-corrected chi connectivity index (χ4v) is 3.39. The number of aliphatic hydroxyl groups is 1. The maximum atomic E-state index is 12.9. The normalized spacial score (nSPS) is 22.6. The van der Waals surface area contributed by atoms with Gasteiger partial charge in [-0.1, -0.05) is 30.3 Å². The van der Waals surface area contributed by atoms with Gasteiger partial charge >= 0.3 is 0 Å². The van der Waals surface area contributed by atoms with Gasteiger partial charge in [0.05, 0.1) is 11.6 Å². The number of carbonyl (C=O) groups excluding carboxylic acids is 1. The number of hydrogen-bond acceptors (Lipinski definition) is 5. The zero-order valence-electron chi connectivity index (χ0n) is 14.0. The summed E-state index contributed by atoms with van der Waals surface area (Å²) in [5.74, 6) is -0.240. The Labute approximate surface area is 156 Å². The van der Waals surface area contributed by atoms with Crippen LogP contribution in [0.15, 0.2) is 55.0 Å². The van der Waals surface area contributed by atoms with E-state index < -0.39 is 11.6 Å². The second-order valence-corrected chi connectivity index (χ2v) is 6.24. The summed E-state index contributed by atoms with van der Waals surface area (Å²) in [5.41, 5.74) is 1.18. The number of benzene rings is 1. The molecule has 136 valence electrons. The largest absolute Gasteiger partial charge is 0.389 e. The molecule has 1 saturated heterocycles. The molecule has 0 unspecified atom stereocenters. The van der Waals surface area contributed by atoms with Crippen LogP contribution in [0, 0.1) is 0 Å². The topological polar surface area (TPSA) is 91.5 Å². The number of amides is 1. The summed E-state index contributed by atoms with van der Waals surface area (Å²) in [6.07, 6.45) is 3.03. The SMILES string of the molecule is Cl.O=C(N[C@]1(c2ccccc2)CCNC[C@H]1O)c1ccn2ncnc2c1. The highest BCUT2D eigenvalue weighted by atomic mass is 35.5. The number of hydrogen-bond donors (Lipinski definition) is 3. The van der Waals surface area contributed by atoms with Gasteiger partial charge in [-0.3, -0.25) is 4.79 Å². The van der Waals surface area contributed by atoms with E-state index in [4.69, 9.17) is 0 Å². The fraction of sp³-hybridized carbons (Fsp3) is 0.278. The highest BCUT2D eigenvalue weighted by Gasteiger charge is 2.42. The van der Waals surface area contributed by atoms with Crippen molar-refractivity contribution in [2.24, 2.45) is 0 Å². The number of fused-ring (bicyclic) bond motifs is 1. The summed E-state index contributed by atoms with van der Waals surface area (Å²) >= 11 is 0.